The Labute approximate surface area is 183 Å². The topological polar surface area (TPSA) is 32.7 Å². The SMILES string of the molecule is Cc1cccc(C)c1N=C1S/C(=C\c2ccc(Br)cc2)C(=O)N1c1ccccc1. The van der Waals surface area contributed by atoms with Gasteiger partial charge in [-0.2, -0.15) is 0 Å². The number of amides is 1. The van der Waals surface area contributed by atoms with E-state index in [9.17, 15) is 4.79 Å². The van der Waals surface area contributed by atoms with Gasteiger partial charge in [-0.15, -0.1) is 0 Å². The number of halogens is 1. The minimum absolute atomic E-state index is 0.0610. The number of hydrogen-bond donors (Lipinski definition) is 0. The number of hydrogen-bond acceptors (Lipinski definition) is 3. The van der Waals surface area contributed by atoms with Crippen molar-refractivity contribution in [3.63, 3.8) is 0 Å². The number of carbonyl (C=O) groups is 1. The zero-order valence-corrected chi connectivity index (χ0v) is 18.5. The van der Waals surface area contributed by atoms with Crippen molar-refractivity contribution in [3.8, 4) is 0 Å². The van der Waals surface area contributed by atoms with Gasteiger partial charge < -0.3 is 0 Å². The lowest BCUT2D eigenvalue weighted by molar-refractivity contribution is -0.113. The molecule has 5 heteroatoms. The third-order valence-electron chi connectivity index (χ3n) is 4.64. The van der Waals surface area contributed by atoms with Crippen molar-refractivity contribution in [1.29, 1.82) is 0 Å². The van der Waals surface area contributed by atoms with Crippen LogP contribution in [0, 0.1) is 13.8 Å². The number of rotatable bonds is 3. The number of nitrogens with zero attached hydrogens (tertiary/aromatic N) is 2. The number of anilines is 1. The van der Waals surface area contributed by atoms with Crippen LogP contribution in [0.1, 0.15) is 16.7 Å². The Hall–Kier alpha value is -2.63. The molecular weight excluding hydrogens is 444 g/mol. The summed E-state index contributed by atoms with van der Waals surface area (Å²) in [7, 11) is 0. The molecule has 3 nitrogen and oxygen atoms in total. The third kappa shape index (κ3) is 4.21. The molecule has 29 heavy (non-hydrogen) atoms. The monoisotopic (exact) mass is 462 g/mol. The van der Waals surface area contributed by atoms with Crippen LogP contribution in [0.5, 0.6) is 0 Å². The molecule has 1 aliphatic heterocycles. The highest BCUT2D eigenvalue weighted by molar-refractivity contribution is 9.10. The number of amidine groups is 1. The highest BCUT2D eigenvalue weighted by atomic mass is 79.9. The van der Waals surface area contributed by atoms with Gasteiger partial charge in [-0.3, -0.25) is 9.69 Å². The van der Waals surface area contributed by atoms with Crippen molar-refractivity contribution in [2.75, 3.05) is 4.90 Å². The summed E-state index contributed by atoms with van der Waals surface area (Å²) in [6.07, 6.45) is 1.92. The molecule has 1 saturated heterocycles. The van der Waals surface area contributed by atoms with Gasteiger partial charge in [0.2, 0.25) is 0 Å². The molecule has 144 valence electrons. The highest BCUT2D eigenvalue weighted by Crippen LogP contribution is 2.38. The van der Waals surface area contributed by atoms with Crippen molar-refractivity contribution >= 4 is 56.2 Å². The minimum Gasteiger partial charge on any atom is -0.268 e. The molecule has 1 amide bonds. The molecule has 0 saturated carbocycles. The van der Waals surface area contributed by atoms with Crippen LogP contribution in [0.4, 0.5) is 11.4 Å². The summed E-state index contributed by atoms with van der Waals surface area (Å²) in [5, 5.41) is 0.668. The highest BCUT2D eigenvalue weighted by Gasteiger charge is 2.34. The zero-order valence-electron chi connectivity index (χ0n) is 16.1. The van der Waals surface area contributed by atoms with Gasteiger partial charge in [0, 0.05) is 4.47 Å². The first-order valence-electron chi connectivity index (χ1n) is 9.22. The lowest BCUT2D eigenvalue weighted by Crippen LogP contribution is -2.28. The van der Waals surface area contributed by atoms with E-state index in [0.29, 0.717) is 10.1 Å². The molecular formula is C24H19BrN2OS. The largest absolute Gasteiger partial charge is 0.271 e. The first-order valence-corrected chi connectivity index (χ1v) is 10.8. The molecule has 0 aliphatic carbocycles. The molecule has 1 heterocycles. The van der Waals surface area contributed by atoms with Gasteiger partial charge in [0.1, 0.15) is 0 Å². The predicted molar refractivity (Wildman–Crippen MR) is 127 cm³/mol. The molecule has 0 aromatic heterocycles. The maximum Gasteiger partial charge on any atom is 0.271 e. The van der Waals surface area contributed by atoms with Crippen LogP contribution in [0.3, 0.4) is 0 Å². The third-order valence-corrected chi connectivity index (χ3v) is 6.13. The summed E-state index contributed by atoms with van der Waals surface area (Å²) in [6, 6.07) is 23.7. The van der Waals surface area contributed by atoms with Crippen LogP contribution in [0.2, 0.25) is 0 Å². The molecule has 1 aliphatic rings. The number of aryl methyl sites for hydroxylation is 2. The van der Waals surface area contributed by atoms with E-state index in [2.05, 4.69) is 15.9 Å². The van der Waals surface area contributed by atoms with Crippen molar-refractivity contribution in [2.24, 2.45) is 4.99 Å². The summed E-state index contributed by atoms with van der Waals surface area (Å²) in [5.41, 5.74) is 4.88. The molecule has 0 spiro atoms. The fraction of sp³-hybridized carbons (Fsp3) is 0.0833. The minimum atomic E-state index is -0.0610. The van der Waals surface area contributed by atoms with Crippen molar-refractivity contribution in [2.45, 2.75) is 13.8 Å². The predicted octanol–water partition coefficient (Wildman–Crippen LogP) is 6.87. The normalized spacial score (nSPS) is 16.8. The fourth-order valence-electron chi connectivity index (χ4n) is 3.14. The van der Waals surface area contributed by atoms with Crippen LogP contribution >= 0.6 is 27.7 Å². The number of carbonyl (C=O) groups excluding carboxylic acids is 1. The molecule has 0 atom stereocenters. The molecule has 0 radical (unpaired) electrons. The summed E-state index contributed by atoms with van der Waals surface area (Å²) >= 11 is 4.86. The maximum absolute atomic E-state index is 13.3. The van der Waals surface area contributed by atoms with Crippen LogP contribution in [-0.2, 0) is 4.79 Å². The quantitative estimate of drug-likeness (QED) is 0.397. The van der Waals surface area contributed by atoms with E-state index in [1.807, 2.05) is 92.7 Å². The Morgan fingerprint density at radius 3 is 2.21 bits per heavy atom. The Bertz CT molecular complexity index is 1100. The Kier molecular flexibility index (Phi) is 5.69. The van der Waals surface area contributed by atoms with E-state index in [4.69, 9.17) is 4.99 Å². The maximum atomic E-state index is 13.3. The van der Waals surface area contributed by atoms with Gasteiger partial charge in [-0.25, -0.2) is 4.99 Å². The zero-order chi connectivity index (χ0) is 20.4. The van der Waals surface area contributed by atoms with Gasteiger partial charge in [0.25, 0.3) is 5.91 Å². The number of para-hydroxylation sites is 2. The second kappa shape index (κ2) is 8.39. The number of aliphatic imine (C=N–C) groups is 1. The molecule has 3 aromatic rings. The van der Waals surface area contributed by atoms with Crippen LogP contribution in [0.15, 0.2) is 87.2 Å². The first kappa shape index (κ1) is 19.7. The van der Waals surface area contributed by atoms with Crippen LogP contribution in [-0.4, -0.2) is 11.1 Å². The number of thioether (sulfide) groups is 1. The van der Waals surface area contributed by atoms with Crippen molar-refractivity contribution in [1.82, 2.24) is 0 Å². The Morgan fingerprint density at radius 1 is 0.897 bits per heavy atom. The lowest BCUT2D eigenvalue weighted by Gasteiger charge is -2.16. The smallest absolute Gasteiger partial charge is 0.268 e. The second-order valence-corrected chi connectivity index (χ2v) is 8.70. The summed E-state index contributed by atoms with van der Waals surface area (Å²) in [4.78, 5) is 20.6. The van der Waals surface area contributed by atoms with Crippen LogP contribution in [0.25, 0.3) is 6.08 Å². The molecule has 3 aromatic carbocycles. The number of benzene rings is 3. The summed E-state index contributed by atoms with van der Waals surface area (Å²) in [6.45, 7) is 4.08. The van der Waals surface area contributed by atoms with Gasteiger partial charge >= 0.3 is 0 Å². The van der Waals surface area contributed by atoms with E-state index in [0.717, 1.165) is 32.5 Å². The first-order chi connectivity index (χ1) is 14.0. The Balaban J connectivity index is 1.81. The van der Waals surface area contributed by atoms with E-state index in [1.165, 1.54) is 11.8 Å². The average molecular weight is 463 g/mol. The summed E-state index contributed by atoms with van der Waals surface area (Å²) in [5.74, 6) is -0.0610. The van der Waals surface area contributed by atoms with Gasteiger partial charge in [0.15, 0.2) is 5.17 Å². The van der Waals surface area contributed by atoms with Crippen molar-refractivity contribution < 1.29 is 4.79 Å². The lowest BCUT2D eigenvalue weighted by atomic mass is 10.1. The van der Waals surface area contributed by atoms with Gasteiger partial charge in [0.05, 0.1) is 16.3 Å². The van der Waals surface area contributed by atoms with Gasteiger partial charge in [-0.1, -0.05) is 64.5 Å². The van der Waals surface area contributed by atoms with E-state index in [-0.39, 0.29) is 5.91 Å². The standard InChI is InChI=1S/C24H19BrN2OS/c1-16-7-6-8-17(2)22(16)26-24-27(20-9-4-3-5-10-20)23(28)21(29-24)15-18-11-13-19(25)14-12-18/h3-15H,1-2H3/b21-15-,26-24?. The fourth-order valence-corrected chi connectivity index (χ4v) is 4.39. The van der Waals surface area contributed by atoms with E-state index < -0.39 is 0 Å². The molecule has 4 rings (SSSR count). The molecule has 0 unspecified atom stereocenters. The van der Waals surface area contributed by atoms with Crippen molar-refractivity contribution in [3.05, 3.63) is 98.9 Å². The molecule has 0 bridgehead atoms. The van der Waals surface area contributed by atoms with Gasteiger partial charge in [-0.05, 0) is 72.6 Å². The Morgan fingerprint density at radius 2 is 1.55 bits per heavy atom. The average Bonchev–Trinajstić information content (AvgIpc) is 3.02. The second-order valence-electron chi connectivity index (χ2n) is 6.77. The van der Waals surface area contributed by atoms with E-state index in [1.54, 1.807) is 4.90 Å². The molecule has 0 N–H and O–H groups in total. The summed E-state index contributed by atoms with van der Waals surface area (Å²) < 4.78 is 1.01. The van der Waals surface area contributed by atoms with E-state index >= 15 is 0 Å². The van der Waals surface area contributed by atoms with Crippen LogP contribution < -0.4 is 4.90 Å². The molecule has 1 fully saturated rings.